The molecule has 26 heavy (non-hydrogen) atoms. The fraction of sp³-hybridized carbons (Fsp3) is 0.353. The molecule has 1 saturated heterocycles. The average molecular weight is 354 g/mol. The number of amides is 1. The third-order valence-electron chi connectivity index (χ3n) is 4.14. The minimum absolute atomic E-state index is 0.0957. The van der Waals surface area contributed by atoms with E-state index in [1.807, 2.05) is 19.1 Å². The van der Waals surface area contributed by atoms with E-state index in [0.29, 0.717) is 56.0 Å². The smallest absolute Gasteiger partial charge is 0.274 e. The Labute approximate surface area is 149 Å². The van der Waals surface area contributed by atoms with Gasteiger partial charge >= 0.3 is 0 Å². The summed E-state index contributed by atoms with van der Waals surface area (Å²) in [5.41, 5.74) is 1.13. The predicted octanol–water partition coefficient (Wildman–Crippen LogP) is 1.35. The van der Waals surface area contributed by atoms with Crippen LogP contribution in [0.25, 0.3) is 17.3 Å². The van der Waals surface area contributed by atoms with Crippen molar-refractivity contribution in [3.8, 4) is 17.3 Å². The Bertz CT molecular complexity index is 895. The molecule has 0 spiro atoms. The Balaban J connectivity index is 1.51. The lowest BCUT2D eigenvalue weighted by atomic mass is 10.3. The fourth-order valence-corrected chi connectivity index (χ4v) is 2.67. The van der Waals surface area contributed by atoms with Gasteiger partial charge in [0.2, 0.25) is 0 Å². The highest BCUT2D eigenvalue weighted by molar-refractivity contribution is 5.92. The zero-order chi connectivity index (χ0) is 17.9. The lowest BCUT2D eigenvalue weighted by Crippen LogP contribution is -2.40. The Morgan fingerprint density at radius 2 is 2.08 bits per heavy atom. The molecule has 0 radical (unpaired) electrons. The summed E-state index contributed by atoms with van der Waals surface area (Å²) in [4.78, 5) is 27.1. The molecule has 4 heterocycles. The summed E-state index contributed by atoms with van der Waals surface area (Å²) < 4.78 is 12.2. The van der Waals surface area contributed by atoms with Crippen LogP contribution in [0, 0.1) is 0 Å². The van der Waals surface area contributed by atoms with Gasteiger partial charge in [-0.3, -0.25) is 9.36 Å². The highest BCUT2D eigenvalue weighted by atomic mass is 16.5. The van der Waals surface area contributed by atoms with Crippen LogP contribution >= 0.6 is 0 Å². The maximum absolute atomic E-state index is 12.5. The SMILES string of the molecule is CCc1noc(-c2ccc(-n3cnc(C(=O)N4CCOCC4)c3)nc2)n1. The molecule has 0 unspecified atom stereocenters. The summed E-state index contributed by atoms with van der Waals surface area (Å²) in [5, 5.41) is 3.88. The van der Waals surface area contributed by atoms with E-state index < -0.39 is 0 Å². The number of rotatable bonds is 4. The number of carbonyl (C=O) groups excluding carboxylic acids is 1. The van der Waals surface area contributed by atoms with Crippen molar-refractivity contribution in [1.82, 2.24) is 29.6 Å². The minimum Gasteiger partial charge on any atom is -0.378 e. The largest absolute Gasteiger partial charge is 0.378 e. The van der Waals surface area contributed by atoms with Gasteiger partial charge in [-0.1, -0.05) is 12.1 Å². The predicted molar refractivity (Wildman–Crippen MR) is 90.8 cm³/mol. The van der Waals surface area contributed by atoms with Gasteiger partial charge in [-0.05, 0) is 12.1 Å². The molecule has 9 heteroatoms. The second kappa shape index (κ2) is 7.04. The Morgan fingerprint density at radius 1 is 1.23 bits per heavy atom. The van der Waals surface area contributed by atoms with Crippen molar-refractivity contribution in [1.29, 1.82) is 0 Å². The number of nitrogens with zero attached hydrogens (tertiary/aromatic N) is 6. The molecular formula is C17H18N6O3. The standard InChI is InChI=1S/C17H18N6O3/c1-2-14-20-16(26-21-14)12-3-4-15(18-9-12)23-10-13(19-11-23)17(24)22-5-7-25-8-6-22/h3-4,9-11H,2,5-8H2,1H3. The zero-order valence-electron chi connectivity index (χ0n) is 14.3. The molecule has 1 fully saturated rings. The summed E-state index contributed by atoms with van der Waals surface area (Å²) in [7, 11) is 0. The molecule has 0 bridgehead atoms. The van der Waals surface area contributed by atoms with Crippen LogP contribution in [0.5, 0.6) is 0 Å². The van der Waals surface area contributed by atoms with Crippen molar-refractivity contribution in [3.63, 3.8) is 0 Å². The van der Waals surface area contributed by atoms with E-state index in [-0.39, 0.29) is 5.91 Å². The number of hydrogen-bond acceptors (Lipinski definition) is 7. The number of ether oxygens (including phenoxy) is 1. The summed E-state index contributed by atoms with van der Waals surface area (Å²) in [6.07, 6.45) is 5.63. The quantitative estimate of drug-likeness (QED) is 0.697. The second-order valence-electron chi connectivity index (χ2n) is 5.85. The van der Waals surface area contributed by atoms with Crippen molar-refractivity contribution in [3.05, 3.63) is 42.4 Å². The number of carbonyl (C=O) groups is 1. The highest BCUT2D eigenvalue weighted by Gasteiger charge is 2.20. The van der Waals surface area contributed by atoms with Crippen LogP contribution < -0.4 is 0 Å². The average Bonchev–Trinajstić information content (AvgIpc) is 3.38. The molecule has 4 rings (SSSR count). The number of morpholine rings is 1. The molecule has 3 aromatic rings. The summed E-state index contributed by atoms with van der Waals surface area (Å²) >= 11 is 0. The first-order valence-electron chi connectivity index (χ1n) is 8.45. The van der Waals surface area contributed by atoms with Crippen LogP contribution in [0.2, 0.25) is 0 Å². The van der Waals surface area contributed by atoms with Crippen molar-refractivity contribution in [2.24, 2.45) is 0 Å². The van der Waals surface area contributed by atoms with Crippen LogP contribution in [0.15, 0.2) is 35.4 Å². The molecule has 1 amide bonds. The van der Waals surface area contributed by atoms with E-state index in [0.717, 1.165) is 5.56 Å². The van der Waals surface area contributed by atoms with Gasteiger partial charge < -0.3 is 14.2 Å². The number of aryl methyl sites for hydroxylation is 1. The Kier molecular flexibility index (Phi) is 4.44. The molecule has 134 valence electrons. The van der Waals surface area contributed by atoms with Crippen molar-refractivity contribution in [2.45, 2.75) is 13.3 Å². The second-order valence-corrected chi connectivity index (χ2v) is 5.85. The van der Waals surface area contributed by atoms with E-state index >= 15 is 0 Å². The molecular weight excluding hydrogens is 336 g/mol. The van der Waals surface area contributed by atoms with Gasteiger partial charge in [-0.25, -0.2) is 9.97 Å². The normalized spacial score (nSPS) is 14.6. The maximum atomic E-state index is 12.5. The summed E-state index contributed by atoms with van der Waals surface area (Å²) in [5.74, 6) is 1.65. The number of pyridine rings is 1. The molecule has 1 aliphatic heterocycles. The molecule has 0 saturated carbocycles. The first-order valence-corrected chi connectivity index (χ1v) is 8.45. The van der Waals surface area contributed by atoms with Gasteiger partial charge in [0.05, 0.1) is 18.8 Å². The highest BCUT2D eigenvalue weighted by Crippen LogP contribution is 2.18. The molecule has 9 nitrogen and oxygen atoms in total. The third-order valence-corrected chi connectivity index (χ3v) is 4.14. The van der Waals surface area contributed by atoms with E-state index in [2.05, 4.69) is 20.1 Å². The zero-order valence-corrected chi connectivity index (χ0v) is 14.3. The molecule has 0 aromatic carbocycles. The Morgan fingerprint density at radius 3 is 2.77 bits per heavy atom. The van der Waals surface area contributed by atoms with E-state index in [9.17, 15) is 4.79 Å². The third kappa shape index (κ3) is 3.21. The van der Waals surface area contributed by atoms with Crippen molar-refractivity contribution in [2.75, 3.05) is 26.3 Å². The lowest BCUT2D eigenvalue weighted by Gasteiger charge is -2.25. The van der Waals surface area contributed by atoms with Gasteiger partial charge in [-0.15, -0.1) is 0 Å². The Hall–Kier alpha value is -3.07. The van der Waals surface area contributed by atoms with Crippen molar-refractivity contribution < 1.29 is 14.1 Å². The van der Waals surface area contributed by atoms with Crippen LogP contribution in [0.3, 0.4) is 0 Å². The van der Waals surface area contributed by atoms with E-state index in [4.69, 9.17) is 9.26 Å². The molecule has 0 atom stereocenters. The first-order chi connectivity index (χ1) is 12.7. The summed E-state index contributed by atoms with van der Waals surface area (Å²) in [6.45, 7) is 4.26. The van der Waals surface area contributed by atoms with E-state index in [1.54, 1.807) is 28.2 Å². The number of imidazole rings is 1. The van der Waals surface area contributed by atoms with Gasteiger partial charge in [0.25, 0.3) is 11.8 Å². The summed E-state index contributed by atoms with van der Waals surface area (Å²) in [6, 6.07) is 3.66. The molecule has 3 aromatic heterocycles. The van der Waals surface area contributed by atoms with Gasteiger partial charge in [0.15, 0.2) is 5.82 Å². The fourth-order valence-electron chi connectivity index (χ4n) is 2.67. The topological polar surface area (TPSA) is 99.2 Å². The number of hydrogen-bond donors (Lipinski definition) is 0. The number of aromatic nitrogens is 5. The van der Waals surface area contributed by atoms with Crippen LogP contribution in [0.4, 0.5) is 0 Å². The van der Waals surface area contributed by atoms with Crippen LogP contribution in [0.1, 0.15) is 23.2 Å². The van der Waals surface area contributed by atoms with E-state index in [1.165, 1.54) is 0 Å². The molecule has 1 aliphatic rings. The monoisotopic (exact) mass is 354 g/mol. The first kappa shape index (κ1) is 16.4. The van der Waals surface area contributed by atoms with Gasteiger partial charge in [0.1, 0.15) is 17.8 Å². The minimum atomic E-state index is -0.0957. The lowest BCUT2D eigenvalue weighted by molar-refractivity contribution is 0.0299. The van der Waals surface area contributed by atoms with Gasteiger partial charge in [0, 0.05) is 31.9 Å². The molecule has 0 N–H and O–H groups in total. The van der Waals surface area contributed by atoms with Crippen molar-refractivity contribution >= 4 is 5.91 Å². The van der Waals surface area contributed by atoms with Gasteiger partial charge in [-0.2, -0.15) is 4.98 Å². The molecule has 0 aliphatic carbocycles. The van der Waals surface area contributed by atoms with Crippen LogP contribution in [-0.4, -0.2) is 61.8 Å². The van der Waals surface area contributed by atoms with Crippen LogP contribution in [-0.2, 0) is 11.2 Å². The maximum Gasteiger partial charge on any atom is 0.274 e.